The summed E-state index contributed by atoms with van der Waals surface area (Å²) >= 11 is 9.80. The van der Waals surface area contributed by atoms with Crippen LogP contribution in [0.3, 0.4) is 0 Å². The summed E-state index contributed by atoms with van der Waals surface area (Å²) in [6, 6.07) is 12.5. The summed E-state index contributed by atoms with van der Waals surface area (Å²) < 4.78 is 6.68. The minimum absolute atomic E-state index is 0.219. The monoisotopic (exact) mass is 389 g/mol. The molecule has 3 atom stereocenters. The van der Waals surface area contributed by atoms with E-state index < -0.39 is 0 Å². The lowest BCUT2D eigenvalue weighted by atomic mass is 9.77. The zero-order chi connectivity index (χ0) is 16.0. The highest BCUT2D eigenvalue weighted by Crippen LogP contribution is 2.51. The molecule has 0 spiro atoms. The molecule has 0 aromatic heterocycles. The van der Waals surface area contributed by atoms with Crippen molar-refractivity contribution in [3.8, 4) is 5.75 Å². The molecular weight excluding hydrogens is 374 g/mol. The molecule has 0 bridgehead atoms. The van der Waals surface area contributed by atoms with Gasteiger partial charge in [-0.05, 0) is 54.3 Å². The molecule has 2 aromatic rings. The third kappa shape index (κ3) is 2.56. The standard InChI is InChI=1S/C19H17BrClNO/c1-23-18-8-5-11(20)9-16(18)19-14-4-2-3-13(14)15-10-12(21)6-7-17(15)22-19/h2-3,5-10,13-14,19,22H,4H2,1H3/t13-,14-,19-/m0/s1. The van der Waals surface area contributed by atoms with Crippen LogP contribution in [0, 0.1) is 5.92 Å². The molecule has 1 aliphatic heterocycles. The molecule has 2 nitrogen and oxygen atoms in total. The number of nitrogens with one attached hydrogen (secondary N) is 1. The summed E-state index contributed by atoms with van der Waals surface area (Å²) in [4.78, 5) is 0. The first-order chi connectivity index (χ1) is 11.2. The number of fused-ring (bicyclic) bond motifs is 3. The van der Waals surface area contributed by atoms with Crippen molar-refractivity contribution < 1.29 is 4.74 Å². The summed E-state index contributed by atoms with van der Waals surface area (Å²) in [7, 11) is 1.73. The van der Waals surface area contributed by atoms with Gasteiger partial charge in [-0.2, -0.15) is 0 Å². The van der Waals surface area contributed by atoms with Crippen molar-refractivity contribution >= 4 is 33.2 Å². The number of methoxy groups -OCH3 is 1. The summed E-state index contributed by atoms with van der Waals surface area (Å²) in [6.07, 6.45) is 5.66. The van der Waals surface area contributed by atoms with Crippen molar-refractivity contribution in [1.29, 1.82) is 0 Å². The first-order valence-corrected chi connectivity index (χ1v) is 8.90. The Labute approximate surface area is 149 Å². The van der Waals surface area contributed by atoms with E-state index in [0.29, 0.717) is 11.8 Å². The highest BCUT2D eigenvalue weighted by atomic mass is 79.9. The topological polar surface area (TPSA) is 21.3 Å². The summed E-state index contributed by atoms with van der Waals surface area (Å²) in [5.41, 5.74) is 3.65. The van der Waals surface area contributed by atoms with Gasteiger partial charge in [0.15, 0.2) is 0 Å². The van der Waals surface area contributed by atoms with Gasteiger partial charge >= 0.3 is 0 Å². The van der Waals surface area contributed by atoms with Crippen LogP contribution in [-0.4, -0.2) is 7.11 Å². The molecule has 4 heteroatoms. The summed E-state index contributed by atoms with van der Waals surface area (Å²) in [5, 5.41) is 4.51. The van der Waals surface area contributed by atoms with E-state index in [1.165, 1.54) is 11.1 Å². The zero-order valence-corrected chi connectivity index (χ0v) is 15.1. The van der Waals surface area contributed by atoms with E-state index in [1.54, 1.807) is 7.11 Å². The van der Waals surface area contributed by atoms with Crippen LogP contribution >= 0.6 is 27.5 Å². The Morgan fingerprint density at radius 2 is 2.04 bits per heavy atom. The Bertz CT molecular complexity index is 789. The lowest BCUT2D eigenvalue weighted by molar-refractivity contribution is 0.381. The predicted octanol–water partition coefficient (Wildman–Crippen LogP) is 5.94. The second-order valence-corrected chi connectivity index (χ2v) is 7.45. The van der Waals surface area contributed by atoms with E-state index in [2.05, 4.69) is 51.6 Å². The highest BCUT2D eigenvalue weighted by molar-refractivity contribution is 9.10. The van der Waals surface area contributed by atoms with E-state index >= 15 is 0 Å². The van der Waals surface area contributed by atoms with Crippen LogP contribution in [0.15, 0.2) is 53.0 Å². The first-order valence-electron chi connectivity index (χ1n) is 7.73. The Hall–Kier alpha value is -1.45. The van der Waals surface area contributed by atoms with E-state index in [-0.39, 0.29) is 6.04 Å². The number of anilines is 1. The van der Waals surface area contributed by atoms with Gasteiger partial charge in [0.25, 0.3) is 0 Å². The number of rotatable bonds is 2. The van der Waals surface area contributed by atoms with Crippen LogP contribution < -0.4 is 10.1 Å². The summed E-state index contributed by atoms with van der Waals surface area (Å²) in [5.74, 6) is 1.80. The molecular formula is C19H17BrClNO. The van der Waals surface area contributed by atoms with Gasteiger partial charge in [-0.15, -0.1) is 0 Å². The fourth-order valence-electron chi connectivity index (χ4n) is 3.82. The van der Waals surface area contributed by atoms with Crippen molar-refractivity contribution in [1.82, 2.24) is 0 Å². The average Bonchev–Trinajstić information content (AvgIpc) is 3.04. The largest absolute Gasteiger partial charge is 0.496 e. The molecule has 1 aliphatic carbocycles. The van der Waals surface area contributed by atoms with Gasteiger partial charge in [-0.1, -0.05) is 39.7 Å². The van der Waals surface area contributed by atoms with Gasteiger partial charge in [0.2, 0.25) is 0 Å². The van der Waals surface area contributed by atoms with Gasteiger partial charge in [0.1, 0.15) is 5.75 Å². The molecule has 0 saturated heterocycles. The van der Waals surface area contributed by atoms with E-state index in [4.69, 9.17) is 16.3 Å². The molecule has 0 fully saturated rings. The number of benzene rings is 2. The van der Waals surface area contributed by atoms with Crippen LogP contribution in [0.5, 0.6) is 5.75 Å². The normalized spacial score (nSPS) is 24.7. The Balaban J connectivity index is 1.82. The highest BCUT2D eigenvalue weighted by Gasteiger charge is 2.39. The number of allylic oxidation sites excluding steroid dienone is 2. The quantitative estimate of drug-likeness (QED) is 0.641. The van der Waals surface area contributed by atoms with Crippen molar-refractivity contribution in [3.05, 3.63) is 69.2 Å². The van der Waals surface area contributed by atoms with E-state index in [9.17, 15) is 0 Å². The number of halogens is 2. The fraction of sp³-hybridized carbons (Fsp3) is 0.263. The maximum Gasteiger partial charge on any atom is 0.124 e. The molecule has 1 heterocycles. The second-order valence-electron chi connectivity index (χ2n) is 6.09. The van der Waals surface area contributed by atoms with Gasteiger partial charge in [-0.3, -0.25) is 0 Å². The van der Waals surface area contributed by atoms with Crippen LogP contribution in [0.1, 0.15) is 29.5 Å². The Morgan fingerprint density at radius 1 is 1.17 bits per heavy atom. The van der Waals surface area contributed by atoms with Crippen molar-refractivity contribution in [2.24, 2.45) is 5.92 Å². The van der Waals surface area contributed by atoms with Crippen LogP contribution in [0.4, 0.5) is 5.69 Å². The smallest absolute Gasteiger partial charge is 0.124 e. The molecule has 2 aromatic carbocycles. The molecule has 0 saturated carbocycles. The number of hydrogen-bond acceptors (Lipinski definition) is 2. The maximum atomic E-state index is 6.21. The molecule has 1 N–H and O–H groups in total. The molecule has 2 aliphatic rings. The Morgan fingerprint density at radius 3 is 2.87 bits per heavy atom. The minimum atomic E-state index is 0.219. The second kappa shape index (κ2) is 5.88. The maximum absolute atomic E-state index is 6.21. The third-order valence-corrected chi connectivity index (χ3v) is 5.58. The fourth-order valence-corrected chi connectivity index (χ4v) is 4.38. The molecule has 118 valence electrons. The van der Waals surface area contributed by atoms with Crippen molar-refractivity contribution in [3.63, 3.8) is 0 Å². The molecule has 0 unspecified atom stereocenters. The van der Waals surface area contributed by atoms with Gasteiger partial charge in [-0.25, -0.2) is 0 Å². The van der Waals surface area contributed by atoms with Gasteiger partial charge < -0.3 is 10.1 Å². The number of ether oxygens (including phenoxy) is 1. The zero-order valence-electron chi connectivity index (χ0n) is 12.7. The average molecular weight is 391 g/mol. The molecule has 4 rings (SSSR count). The summed E-state index contributed by atoms with van der Waals surface area (Å²) in [6.45, 7) is 0. The minimum Gasteiger partial charge on any atom is -0.496 e. The predicted molar refractivity (Wildman–Crippen MR) is 98.5 cm³/mol. The molecule has 0 radical (unpaired) electrons. The number of hydrogen-bond donors (Lipinski definition) is 1. The van der Waals surface area contributed by atoms with Gasteiger partial charge in [0, 0.05) is 26.7 Å². The lowest BCUT2D eigenvalue weighted by Crippen LogP contribution is -2.29. The van der Waals surface area contributed by atoms with Crippen molar-refractivity contribution in [2.75, 3.05) is 12.4 Å². The van der Waals surface area contributed by atoms with E-state index in [1.807, 2.05) is 18.2 Å². The SMILES string of the molecule is COc1ccc(Br)cc1[C@H]1Nc2ccc(Cl)cc2[C@H]2C=CC[C@@H]21. The van der Waals surface area contributed by atoms with Crippen LogP contribution in [0.2, 0.25) is 5.02 Å². The lowest BCUT2D eigenvalue weighted by Gasteiger charge is -2.38. The first kappa shape index (κ1) is 15.1. The molecule has 23 heavy (non-hydrogen) atoms. The van der Waals surface area contributed by atoms with E-state index in [0.717, 1.165) is 27.4 Å². The third-order valence-electron chi connectivity index (χ3n) is 4.85. The van der Waals surface area contributed by atoms with Crippen LogP contribution in [0.25, 0.3) is 0 Å². The van der Waals surface area contributed by atoms with Crippen molar-refractivity contribution in [2.45, 2.75) is 18.4 Å². The molecule has 0 amide bonds. The van der Waals surface area contributed by atoms with Crippen LogP contribution in [-0.2, 0) is 0 Å². The van der Waals surface area contributed by atoms with Gasteiger partial charge in [0.05, 0.1) is 13.2 Å². The Kier molecular flexibility index (Phi) is 3.86.